The first-order chi connectivity index (χ1) is 10.3. The highest BCUT2D eigenvalue weighted by Gasteiger charge is 2.18. The molecule has 0 aliphatic heterocycles. The molecule has 0 unspecified atom stereocenters. The molecule has 108 valence electrons. The number of amidine groups is 1. The molecule has 2 aromatic rings. The van der Waals surface area contributed by atoms with Gasteiger partial charge >= 0.3 is 0 Å². The van der Waals surface area contributed by atoms with Crippen LogP contribution in [0.25, 0.3) is 0 Å². The number of para-hydroxylation sites is 1. The lowest BCUT2D eigenvalue weighted by molar-refractivity contribution is 0.483. The van der Waals surface area contributed by atoms with E-state index in [1.54, 1.807) is 0 Å². The molecule has 2 N–H and O–H groups in total. The van der Waals surface area contributed by atoms with Crippen LogP contribution in [0.2, 0.25) is 0 Å². The van der Waals surface area contributed by atoms with Gasteiger partial charge in [0.2, 0.25) is 0 Å². The van der Waals surface area contributed by atoms with Crippen LogP contribution in [0.3, 0.4) is 0 Å². The molecule has 1 aliphatic rings. The summed E-state index contributed by atoms with van der Waals surface area (Å²) in [6.45, 7) is 0. The molecule has 0 atom stereocenters. The summed E-state index contributed by atoms with van der Waals surface area (Å²) in [4.78, 5) is 4.53. The lowest BCUT2D eigenvalue weighted by Crippen LogP contribution is -2.20. The molecule has 1 saturated carbocycles. The Bertz CT molecular complexity index is 599. The molecule has 0 spiro atoms. The van der Waals surface area contributed by atoms with Gasteiger partial charge in [-0.15, -0.1) is 0 Å². The van der Waals surface area contributed by atoms with Crippen molar-refractivity contribution < 1.29 is 4.74 Å². The van der Waals surface area contributed by atoms with E-state index < -0.39 is 0 Å². The second-order valence-corrected chi connectivity index (χ2v) is 5.43. The highest BCUT2D eigenvalue weighted by atomic mass is 16.5. The summed E-state index contributed by atoms with van der Waals surface area (Å²) in [6, 6.07) is 17.5. The number of hydrogen-bond acceptors (Lipinski definition) is 2. The zero-order chi connectivity index (χ0) is 14.5. The van der Waals surface area contributed by atoms with Crippen LogP contribution in [0, 0.1) is 5.92 Å². The molecule has 1 aliphatic carbocycles. The van der Waals surface area contributed by atoms with Crippen LogP contribution in [-0.2, 0) is 0 Å². The number of nitrogens with zero attached hydrogens (tertiary/aromatic N) is 1. The maximum Gasteiger partial charge on any atom is 0.127 e. The Kier molecular flexibility index (Phi) is 4.20. The number of nitrogens with two attached hydrogens (primary N) is 1. The van der Waals surface area contributed by atoms with Crippen molar-refractivity contribution in [2.45, 2.75) is 25.7 Å². The number of hydrogen-bond donors (Lipinski definition) is 1. The molecule has 0 saturated heterocycles. The normalized spacial score (nSPS) is 16.1. The smallest absolute Gasteiger partial charge is 0.127 e. The van der Waals surface area contributed by atoms with Crippen LogP contribution in [0.15, 0.2) is 59.6 Å². The van der Waals surface area contributed by atoms with Crippen molar-refractivity contribution >= 4 is 11.5 Å². The van der Waals surface area contributed by atoms with Crippen molar-refractivity contribution in [3.8, 4) is 11.5 Å². The average molecular weight is 280 g/mol. The van der Waals surface area contributed by atoms with E-state index in [4.69, 9.17) is 10.5 Å². The highest BCUT2D eigenvalue weighted by molar-refractivity contribution is 5.85. The van der Waals surface area contributed by atoms with Crippen LogP contribution < -0.4 is 10.5 Å². The predicted octanol–water partition coefficient (Wildman–Crippen LogP) is 4.66. The molecular formula is C18H20N2O. The van der Waals surface area contributed by atoms with Gasteiger partial charge in [0.05, 0.1) is 5.69 Å². The van der Waals surface area contributed by atoms with Crippen molar-refractivity contribution in [2.75, 3.05) is 0 Å². The van der Waals surface area contributed by atoms with Crippen LogP contribution in [0.4, 0.5) is 5.69 Å². The first-order valence-electron chi connectivity index (χ1n) is 7.48. The minimum Gasteiger partial charge on any atom is -0.457 e. The van der Waals surface area contributed by atoms with E-state index in [1.165, 1.54) is 25.7 Å². The summed E-state index contributed by atoms with van der Waals surface area (Å²) in [5.74, 6) is 2.87. The zero-order valence-corrected chi connectivity index (χ0v) is 12.0. The summed E-state index contributed by atoms with van der Waals surface area (Å²) in [7, 11) is 0. The van der Waals surface area contributed by atoms with Gasteiger partial charge in [0.25, 0.3) is 0 Å². The first-order valence-corrected chi connectivity index (χ1v) is 7.48. The molecule has 2 aromatic carbocycles. The lowest BCUT2D eigenvalue weighted by Gasteiger charge is -2.08. The van der Waals surface area contributed by atoms with Gasteiger partial charge in [-0.2, -0.15) is 0 Å². The molecule has 3 nitrogen and oxygen atoms in total. The monoisotopic (exact) mass is 280 g/mol. The van der Waals surface area contributed by atoms with Crippen molar-refractivity contribution in [1.29, 1.82) is 0 Å². The zero-order valence-electron chi connectivity index (χ0n) is 12.0. The van der Waals surface area contributed by atoms with Crippen molar-refractivity contribution in [1.82, 2.24) is 0 Å². The fourth-order valence-corrected chi connectivity index (χ4v) is 2.68. The molecule has 0 aromatic heterocycles. The second-order valence-electron chi connectivity index (χ2n) is 5.43. The van der Waals surface area contributed by atoms with Gasteiger partial charge in [-0.3, -0.25) is 0 Å². The van der Waals surface area contributed by atoms with Crippen LogP contribution in [0.5, 0.6) is 11.5 Å². The van der Waals surface area contributed by atoms with E-state index >= 15 is 0 Å². The summed E-state index contributed by atoms with van der Waals surface area (Å²) < 4.78 is 5.76. The molecule has 0 heterocycles. The average Bonchev–Trinajstić information content (AvgIpc) is 3.05. The van der Waals surface area contributed by atoms with Crippen LogP contribution in [0.1, 0.15) is 25.7 Å². The van der Waals surface area contributed by atoms with Gasteiger partial charge in [-0.1, -0.05) is 31.0 Å². The minimum absolute atomic E-state index is 0.463. The fraction of sp³-hybridized carbons (Fsp3) is 0.278. The van der Waals surface area contributed by atoms with Crippen molar-refractivity contribution in [2.24, 2.45) is 16.6 Å². The highest BCUT2D eigenvalue weighted by Crippen LogP contribution is 2.27. The first kappa shape index (κ1) is 13.7. The summed E-state index contributed by atoms with van der Waals surface area (Å²) in [6.07, 6.45) is 4.88. The van der Waals surface area contributed by atoms with Gasteiger partial charge in [0, 0.05) is 5.92 Å². The van der Waals surface area contributed by atoms with Gasteiger partial charge in [0.15, 0.2) is 0 Å². The van der Waals surface area contributed by atoms with E-state index in [1.807, 2.05) is 54.6 Å². The maximum atomic E-state index is 6.09. The SMILES string of the molecule is NC(=Nc1ccc(Oc2ccccc2)cc1)C1CCCC1. The Hall–Kier alpha value is -2.29. The van der Waals surface area contributed by atoms with Gasteiger partial charge < -0.3 is 10.5 Å². The molecular weight excluding hydrogens is 260 g/mol. The van der Waals surface area contributed by atoms with E-state index in [0.717, 1.165) is 23.0 Å². The minimum atomic E-state index is 0.463. The Labute approximate surface area is 125 Å². The van der Waals surface area contributed by atoms with E-state index in [-0.39, 0.29) is 0 Å². The summed E-state index contributed by atoms with van der Waals surface area (Å²) in [5.41, 5.74) is 6.98. The molecule has 3 rings (SSSR count). The number of benzene rings is 2. The largest absolute Gasteiger partial charge is 0.457 e. The number of aliphatic imine (C=N–C) groups is 1. The number of rotatable bonds is 4. The third kappa shape index (κ3) is 3.63. The molecule has 21 heavy (non-hydrogen) atoms. The van der Waals surface area contributed by atoms with Gasteiger partial charge in [-0.05, 0) is 49.2 Å². The summed E-state index contributed by atoms with van der Waals surface area (Å²) >= 11 is 0. The molecule has 1 fully saturated rings. The third-order valence-electron chi connectivity index (χ3n) is 3.85. The topological polar surface area (TPSA) is 47.6 Å². The van der Waals surface area contributed by atoms with Gasteiger partial charge in [-0.25, -0.2) is 4.99 Å². The fourth-order valence-electron chi connectivity index (χ4n) is 2.68. The molecule has 0 amide bonds. The Morgan fingerprint density at radius 1 is 0.905 bits per heavy atom. The third-order valence-corrected chi connectivity index (χ3v) is 3.85. The maximum absolute atomic E-state index is 6.09. The van der Waals surface area contributed by atoms with E-state index in [0.29, 0.717) is 5.92 Å². The lowest BCUT2D eigenvalue weighted by atomic mass is 10.1. The molecule has 0 radical (unpaired) electrons. The molecule has 3 heteroatoms. The quantitative estimate of drug-likeness (QED) is 0.654. The number of ether oxygens (including phenoxy) is 1. The van der Waals surface area contributed by atoms with Crippen LogP contribution >= 0.6 is 0 Å². The second kappa shape index (κ2) is 6.44. The predicted molar refractivity (Wildman–Crippen MR) is 86.2 cm³/mol. The van der Waals surface area contributed by atoms with E-state index in [9.17, 15) is 0 Å². The van der Waals surface area contributed by atoms with Crippen molar-refractivity contribution in [3.63, 3.8) is 0 Å². The van der Waals surface area contributed by atoms with Gasteiger partial charge in [0.1, 0.15) is 17.3 Å². The Morgan fingerprint density at radius 2 is 1.52 bits per heavy atom. The van der Waals surface area contributed by atoms with Crippen LogP contribution in [-0.4, -0.2) is 5.84 Å². The Balaban J connectivity index is 1.67. The summed E-state index contributed by atoms with van der Waals surface area (Å²) in [5, 5.41) is 0. The van der Waals surface area contributed by atoms with E-state index in [2.05, 4.69) is 4.99 Å². The molecule has 0 bridgehead atoms. The van der Waals surface area contributed by atoms with Crippen molar-refractivity contribution in [3.05, 3.63) is 54.6 Å². The standard InChI is InChI=1S/C18H20N2O/c19-18(14-6-4-5-7-14)20-15-10-12-17(13-11-15)21-16-8-2-1-3-9-16/h1-3,8-14H,4-7H2,(H2,19,20). The Morgan fingerprint density at radius 3 is 2.19 bits per heavy atom.